The quantitative estimate of drug-likeness (QED) is 0.716. The number of hydrogen-bond donors (Lipinski definition) is 0. The summed E-state index contributed by atoms with van der Waals surface area (Å²) in [6.45, 7) is 3.79. The molecule has 1 fully saturated rings. The number of rotatable bonds is 6. The lowest BCUT2D eigenvalue weighted by molar-refractivity contribution is 0.0906. The number of amides is 1. The van der Waals surface area contributed by atoms with Crippen LogP contribution in [0.15, 0.2) is 29.2 Å². The minimum atomic E-state index is -0.250. The number of piperidine rings is 1. The first-order valence-electron chi connectivity index (χ1n) is 8.67. The fourth-order valence-electron chi connectivity index (χ4n) is 2.98. The van der Waals surface area contributed by atoms with E-state index in [0.29, 0.717) is 32.1 Å². The SMILES string of the molecule is CCOC(=O)N1CCC(n2nnnc2COc2ccccc2SC)CC1. The van der Waals surface area contributed by atoms with Crippen LogP contribution < -0.4 is 4.74 Å². The van der Waals surface area contributed by atoms with Crippen molar-refractivity contribution in [2.45, 2.75) is 37.3 Å². The van der Waals surface area contributed by atoms with E-state index in [4.69, 9.17) is 9.47 Å². The summed E-state index contributed by atoms with van der Waals surface area (Å²) < 4.78 is 12.8. The molecule has 0 radical (unpaired) electrons. The van der Waals surface area contributed by atoms with Crippen LogP contribution in [0.2, 0.25) is 0 Å². The molecule has 8 nitrogen and oxygen atoms in total. The van der Waals surface area contributed by atoms with Crippen LogP contribution in [-0.4, -0.2) is 57.2 Å². The van der Waals surface area contributed by atoms with E-state index in [1.807, 2.05) is 42.1 Å². The highest BCUT2D eigenvalue weighted by Crippen LogP contribution is 2.28. The Hall–Kier alpha value is -2.29. The number of aromatic nitrogens is 4. The van der Waals surface area contributed by atoms with Crippen molar-refractivity contribution < 1.29 is 14.3 Å². The third-order valence-corrected chi connectivity index (χ3v) is 5.10. The van der Waals surface area contributed by atoms with Gasteiger partial charge in [0.05, 0.1) is 12.6 Å². The Balaban J connectivity index is 1.60. The lowest BCUT2D eigenvalue weighted by Crippen LogP contribution is -2.39. The fourth-order valence-corrected chi connectivity index (χ4v) is 3.52. The lowest BCUT2D eigenvalue weighted by atomic mass is 10.1. The number of ether oxygens (including phenoxy) is 2. The van der Waals surface area contributed by atoms with Gasteiger partial charge in [-0.2, -0.15) is 0 Å². The van der Waals surface area contributed by atoms with Crippen molar-refractivity contribution in [2.24, 2.45) is 0 Å². The molecule has 2 heterocycles. The van der Waals surface area contributed by atoms with Crippen molar-refractivity contribution in [1.29, 1.82) is 0 Å². The van der Waals surface area contributed by atoms with Gasteiger partial charge in [-0.25, -0.2) is 9.48 Å². The van der Waals surface area contributed by atoms with Crippen molar-refractivity contribution >= 4 is 17.9 Å². The summed E-state index contributed by atoms with van der Waals surface area (Å²) >= 11 is 1.64. The van der Waals surface area contributed by atoms with Crippen LogP contribution in [0.3, 0.4) is 0 Å². The van der Waals surface area contributed by atoms with Gasteiger partial charge in [0.1, 0.15) is 12.4 Å². The average Bonchev–Trinajstić information content (AvgIpc) is 3.15. The van der Waals surface area contributed by atoms with Crippen molar-refractivity contribution in [3.8, 4) is 5.75 Å². The summed E-state index contributed by atoms with van der Waals surface area (Å²) in [4.78, 5) is 14.6. The topological polar surface area (TPSA) is 82.4 Å². The molecule has 0 spiro atoms. The van der Waals surface area contributed by atoms with Gasteiger partial charge in [-0.05, 0) is 48.6 Å². The molecule has 0 unspecified atom stereocenters. The molecule has 1 aromatic carbocycles. The first kappa shape index (κ1) is 18.5. The Morgan fingerprint density at radius 2 is 2.08 bits per heavy atom. The third-order valence-electron chi connectivity index (χ3n) is 4.32. The van der Waals surface area contributed by atoms with Crippen LogP contribution >= 0.6 is 11.8 Å². The molecule has 0 N–H and O–H groups in total. The van der Waals surface area contributed by atoms with E-state index in [-0.39, 0.29) is 12.1 Å². The Morgan fingerprint density at radius 3 is 2.81 bits per heavy atom. The molecule has 26 heavy (non-hydrogen) atoms. The Labute approximate surface area is 156 Å². The van der Waals surface area contributed by atoms with Crippen LogP contribution in [-0.2, 0) is 11.3 Å². The van der Waals surface area contributed by atoms with E-state index in [1.165, 1.54) is 0 Å². The molecule has 1 amide bonds. The van der Waals surface area contributed by atoms with E-state index in [2.05, 4.69) is 15.5 Å². The maximum Gasteiger partial charge on any atom is 0.409 e. The summed E-state index contributed by atoms with van der Waals surface area (Å²) in [5, 5.41) is 12.1. The smallest absolute Gasteiger partial charge is 0.409 e. The molecule has 0 bridgehead atoms. The van der Waals surface area contributed by atoms with Gasteiger partial charge < -0.3 is 14.4 Å². The maximum atomic E-state index is 11.8. The van der Waals surface area contributed by atoms with Crippen LogP contribution in [0, 0.1) is 0 Å². The van der Waals surface area contributed by atoms with Gasteiger partial charge in [0.25, 0.3) is 0 Å². The molecule has 1 saturated heterocycles. The number of likely N-dealkylation sites (tertiary alicyclic amines) is 1. The highest BCUT2D eigenvalue weighted by atomic mass is 32.2. The van der Waals surface area contributed by atoms with E-state index in [9.17, 15) is 4.79 Å². The van der Waals surface area contributed by atoms with Crippen LogP contribution in [0.25, 0.3) is 0 Å². The van der Waals surface area contributed by atoms with E-state index in [0.717, 1.165) is 23.5 Å². The Morgan fingerprint density at radius 1 is 1.31 bits per heavy atom. The van der Waals surface area contributed by atoms with Crippen molar-refractivity contribution in [3.63, 3.8) is 0 Å². The molecule has 140 valence electrons. The second-order valence-electron chi connectivity index (χ2n) is 5.90. The molecule has 9 heteroatoms. The molecule has 1 aromatic heterocycles. The number of para-hydroxylation sites is 1. The Kier molecular flexibility index (Phi) is 6.32. The first-order chi connectivity index (χ1) is 12.7. The molecule has 0 atom stereocenters. The highest BCUT2D eigenvalue weighted by molar-refractivity contribution is 7.98. The average molecular weight is 377 g/mol. The number of tetrazole rings is 1. The zero-order chi connectivity index (χ0) is 18.4. The summed E-state index contributed by atoms with van der Waals surface area (Å²) in [5.74, 6) is 1.52. The van der Waals surface area contributed by atoms with E-state index in [1.54, 1.807) is 16.7 Å². The normalized spacial score (nSPS) is 15.1. The zero-order valence-electron chi connectivity index (χ0n) is 15.0. The molecule has 0 saturated carbocycles. The molecular formula is C17H23N5O3S. The highest BCUT2D eigenvalue weighted by Gasteiger charge is 2.27. The van der Waals surface area contributed by atoms with E-state index < -0.39 is 0 Å². The molecule has 2 aromatic rings. The monoisotopic (exact) mass is 377 g/mol. The molecule has 1 aliphatic heterocycles. The predicted molar refractivity (Wildman–Crippen MR) is 97.2 cm³/mol. The van der Waals surface area contributed by atoms with Crippen molar-refractivity contribution in [3.05, 3.63) is 30.1 Å². The van der Waals surface area contributed by atoms with Gasteiger partial charge in [0.2, 0.25) is 0 Å². The number of hydrogen-bond acceptors (Lipinski definition) is 7. The van der Waals surface area contributed by atoms with Crippen LogP contribution in [0.5, 0.6) is 5.75 Å². The number of benzene rings is 1. The summed E-state index contributed by atoms with van der Waals surface area (Å²) in [7, 11) is 0. The standard InChI is InChI=1S/C17H23N5O3S/c1-3-24-17(23)21-10-8-13(9-11-21)22-16(18-19-20-22)12-25-14-6-4-5-7-15(14)26-2/h4-7,13H,3,8-12H2,1-2H3. The second-order valence-corrected chi connectivity index (χ2v) is 6.74. The number of thioether (sulfide) groups is 1. The Bertz CT molecular complexity index is 731. The predicted octanol–water partition coefficient (Wildman–Crippen LogP) is 2.77. The fraction of sp³-hybridized carbons (Fsp3) is 0.529. The molecular weight excluding hydrogens is 354 g/mol. The summed E-state index contributed by atoms with van der Waals surface area (Å²) in [5.41, 5.74) is 0. The van der Waals surface area contributed by atoms with Gasteiger partial charge in [-0.15, -0.1) is 16.9 Å². The molecule has 3 rings (SSSR count). The zero-order valence-corrected chi connectivity index (χ0v) is 15.8. The number of nitrogens with zero attached hydrogens (tertiary/aromatic N) is 5. The molecule has 1 aliphatic rings. The minimum absolute atomic E-state index is 0.157. The second kappa shape index (κ2) is 8.88. The largest absolute Gasteiger partial charge is 0.484 e. The molecule has 0 aliphatic carbocycles. The van der Waals surface area contributed by atoms with Crippen molar-refractivity contribution in [1.82, 2.24) is 25.1 Å². The van der Waals surface area contributed by atoms with Crippen LogP contribution in [0.4, 0.5) is 4.79 Å². The third kappa shape index (κ3) is 4.27. The minimum Gasteiger partial charge on any atom is -0.484 e. The van der Waals surface area contributed by atoms with Crippen molar-refractivity contribution in [2.75, 3.05) is 26.0 Å². The maximum absolute atomic E-state index is 11.8. The van der Waals surface area contributed by atoms with Crippen LogP contribution in [0.1, 0.15) is 31.6 Å². The van der Waals surface area contributed by atoms with Gasteiger partial charge in [-0.1, -0.05) is 12.1 Å². The van der Waals surface area contributed by atoms with Gasteiger partial charge in [0.15, 0.2) is 5.82 Å². The number of carbonyl (C=O) groups is 1. The summed E-state index contributed by atoms with van der Waals surface area (Å²) in [6, 6.07) is 8.06. The van der Waals surface area contributed by atoms with E-state index >= 15 is 0 Å². The first-order valence-corrected chi connectivity index (χ1v) is 9.89. The number of carbonyl (C=O) groups excluding carboxylic acids is 1. The van der Waals surface area contributed by atoms with Gasteiger partial charge in [-0.3, -0.25) is 0 Å². The summed E-state index contributed by atoms with van der Waals surface area (Å²) in [6.07, 6.45) is 3.35. The lowest BCUT2D eigenvalue weighted by Gasteiger charge is -2.31. The van der Waals surface area contributed by atoms with Gasteiger partial charge in [0, 0.05) is 18.0 Å². The van der Waals surface area contributed by atoms with Gasteiger partial charge >= 0.3 is 6.09 Å².